The van der Waals surface area contributed by atoms with Crippen LogP contribution in [0.5, 0.6) is 5.75 Å². The third kappa shape index (κ3) is 6.07. The normalized spacial score (nSPS) is 11.0. The van der Waals surface area contributed by atoms with Crippen LogP contribution >= 0.6 is 0 Å². The summed E-state index contributed by atoms with van der Waals surface area (Å²) >= 11 is 0. The Morgan fingerprint density at radius 1 is 0.920 bits per heavy atom. The topological polar surface area (TPSA) is 52.6 Å². The van der Waals surface area contributed by atoms with Crippen molar-refractivity contribution in [3.63, 3.8) is 0 Å². The van der Waals surface area contributed by atoms with E-state index in [9.17, 15) is 9.59 Å². The molecule has 0 spiro atoms. The average Bonchev–Trinajstić information content (AvgIpc) is 2.58. The summed E-state index contributed by atoms with van der Waals surface area (Å²) in [6.45, 7) is 5.87. The number of rotatable bonds is 7. The molecule has 0 bridgehead atoms. The maximum absolute atomic E-state index is 12.6. The lowest BCUT2D eigenvalue weighted by atomic mass is 10.0. The van der Waals surface area contributed by atoms with Gasteiger partial charge >= 0.3 is 5.97 Å². The first-order valence-corrected chi connectivity index (χ1v) is 8.40. The number of carbonyl (C=O) groups excluding carboxylic acids is 2. The zero-order valence-corrected chi connectivity index (χ0v) is 15.0. The Hall–Kier alpha value is -2.62. The first kappa shape index (κ1) is 18.7. The van der Waals surface area contributed by atoms with Crippen molar-refractivity contribution in [2.75, 3.05) is 6.61 Å². The lowest BCUT2D eigenvalue weighted by Gasteiger charge is -2.19. The van der Waals surface area contributed by atoms with Crippen LogP contribution in [0.4, 0.5) is 0 Å². The summed E-state index contributed by atoms with van der Waals surface area (Å²) in [6, 6.07) is 16.2. The molecule has 0 saturated heterocycles. The molecule has 0 N–H and O–H groups in total. The summed E-state index contributed by atoms with van der Waals surface area (Å²) in [5.74, 6) is 0.202. The smallest absolute Gasteiger partial charge is 0.306 e. The number of benzene rings is 2. The van der Waals surface area contributed by atoms with Crippen LogP contribution in [0, 0.1) is 0 Å². The van der Waals surface area contributed by atoms with Crippen molar-refractivity contribution in [2.24, 2.45) is 0 Å². The second-order valence-corrected chi connectivity index (χ2v) is 6.73. The van der Waals surface area contributed by atoms with Crippen LogP contribution in [0.2, 0.25) is 0 Å². The molecule has 25 heavy (non-hydrogen) atoms. The maximum atomic E-state index is 12.6. The molecule has 2 aromatic carbocycles. The Kier molecular flexibility index (Phi) is 6.34. The van der Waals surface area contributed by atoms with E-state index in [4.69, 9.17) is 9.47 Å². The third-order valence-electron chi connectivity index (χ3n) is 3.37. The van der Waals surface area contributed by atoms with Crippen LogP contribution in [0.25, 0.3) is 0 Å². The predicted molar refractivity (Wildman–Crippen MR) is 96.9 cm³/mol. The van der Waals surface area contributed by atoms with Crippen molar-refractivity contribution >= 4 is 11.8 Å². The Labute approximate surface area is 148 Å². The van der Waals surface area contributed by atoms with Gasteiger partial charge < -0.3 is 9.47 Å². The SMILES string of the molecule is CC(C)(C)OC(=O)CCCOc1ccccc1C(=O)c1ccccc1. The van der Waals surface area contributed by atoms with Gasteiger partial charge in [-0.3, -0.25) is 9.59 Å². The van der Waals surface area contributed by atoms with E-state index >= 15 is 0 Å². The first-order chi connectivity index (χ1) is 11.9. The van der Waals surface area contributed by atoms with Crippen LogP contribution in [0.15, 0.2) is 54.6 Å². The Balaban J connectivity index is 1.93. The third-order valence-corrected chi connectivity index (χ3v) is 3.37. The van der Waals surface area contributed by atoms with Gasteiger partial charge in [0.25, 0.3) is 0 Å². The van der Waals surface area contributed by atoms with E-state index < -0.39 is 5.60 Å². The molecule has 2 aromatic rings. The molecule has 132 valence electrons. The lowest BCUT2D eigenvalue weighted by Crippen LogP contribution is -2.24. The van der Waals surface area contributed by atoms with Gasteiger partial charge in [-0.2, -0.15) is 0 Å². The molecule has 0 unspecified atom stereocenters. The molecule has 0 aliphatic heterocycles. The summed E-state index contributed by atoms with van der Waals surface area (Å²) < 4.78 is 11.0. The van der Waals surface area contributed by atoms with Gasteiger partial charge in [0.05, 0.1) is 12.2 Å². The molecule has 4 nitrogen and oxygen atoms in total. The average molecular weight is 340 g/mol. The second-order valence-electron chi connectivity index (χ2n) is 6.73. The predicted octanol–water partition coefficient (Wildman–Crippen LogP) is 4.42. The van der Waals surface area contributed by atoms with E-state index in [1.54, 1.807) is 24.3 Å². The van der Waals surface area contributed by atoms with Gasteiger partial charge in [0, 0.05) is 12.0 Å². The van der Waals surface area contributed by atoms with Gasteiger partial charge in [-0.05, 0) is 39.3 Å². The lowest BCUT2D eigenvalue weighted by molar-refractivity contribution is -0.155. The fourth-order valence-electron chi connectivity index (χ4n) is 2.32. The van der Waals surface area contributed by atoms with Gasteiger partial charge in [0.1, 0.15) is 11.4 Å². The van der Waals surface area contributed by atoms with Crippen molar-refractivity contribution in [3.05, 3.63) is 65.7 Å². The monoisotopic (exact) mass is 340 g/mol. The van der Waals surface area contributed by atoms with Crippen molar-refractivity contribution < 1.29 is 19.1 Å². The van der Waals surface area contributed by atoms with Gasteiger partial charge in [0.2, 0.25) is 0 Å². The molecule has 4 heteroatoms. The fourth-order valence-corrected chi connectivity index (χ4v) is 2.32. The van der Waals surface area contributed by atoms with Crippen LogP contribution in [-0.4, -0.2) is 24.0 Å². The fraction of sp³-hybridized carbons (Fsp3) is 0.333. The van der Waals surface area contributed by atoms with E-state index in [0.717, 1.165) is 0 Å². The Morgan fingerprint density at radius 2 is 1.56 bits per heavy atom. The minimum atomic E-state index is -0.480. The van der Waals surface area contributed by atoms with E-state index in [-0.39, 0.29) is 18.2 Å². The largest absolute Gasteiger partial charge is 0.493 e. The van der Waals surface area contributed by atoms with Gasteiger partial charge in [0.15, 0.2) is 5.78 Å². The summed E-state index contributed by atoms with van der Waals surface area (Å²) in [5, 5.41) is 0. The van der Waals surface area contributed by atoms with Crippen molar-refractivity contribution in [1.82, 2.24) is 0 Å². The van der Waals surface area contributed by atoms with E-state index in [2.05, 4.69) is 0 Å². The molecule has 0 heterocycles. The molecule has 0 amide bonds. The highest BCUT2D eigenvalue weighted by atomic mass is 16.6. The van der Waals surface area contributed by atoms with Crippen LogP contribution in [0.1, 0.15) is 49.5 Å². The van der Waals surface area contributed by atoms with Crippen molar-refractivity contribution in [1.29, 1.82) is 0 Å². The summed E-state index contributed by atoms with van der Waals surface area (Å²) in [4.78, 5) is 24.3. The molecule has 0 aromatic heterocycles. The standard InChI is InChI=1S/C21H24O4/c1-21(2,3)25-19(22)14-9-15-24-18-13-8-7-12-17(18)20(23)16-10-5-4-6-11-16/h4-8,10-13H,9,14-15H2,1-3H3. The highest BCUT2D eigenvalue weighted by molar-refractivity contribution is 6.10. The minimum absolute atomic E-state index is 0.0802. The number of hydrogen-bond donors (Lipinski definition) is 0. The molecule has 0 radical (unpaired) electrons. The number of ether oxygens (including phenoxy) is 2. The molecule has 0 aliphatic carbocycles. The highest BCUT2D eigenvalue weighted by Crippen LogP contribution is 2.22. The number of ketones is 1. The second kappa shape index (κ2) is 8.47. The molecule has 2 rings (SSSR count). The van der Waals surface area contributed by atoms with Crippen LogP contribution < -0.4 is 4.74 Å². The van der Waals surface area contributed by atoms with E-state index in [1.165, 1.54) is 0 Å². The number of hydrogen-bond acceptors (Lipinski definition) is 4. The quantitative estimate of drug-likeness (QED) is 0.425. The summed E-state index contributed by atoms with van der Waals surface area (Å²) in [6.07, 6.45) is 0.814. The number of esters is 1. The molecule has 0 atom stereocenters. The van der Waals surface area contributed by atoms with Gasteiger partial charge in [-0.25, -0.2) is 0 Å². The molecular formula is C21H24O4. The van der Waals surface area contributed by atoms with Gasteiger partial charge in [-0.15, -0.1) is 0 Å². The summed E-state index contributed by atoms with van der Waals surface area (Å²) in [7, 11) is 0. The molecule has 0 fully saturated rings. The zero-order chi connectivity index (χ0) is 18.3. The Bertz CT molecular complexity index is 714. The molecule has 0 aliphatic rings. The molecule has 0 saturated carbocycles. The zero-order valence-electron chi connectivity index (χ0n) is 15.0. The number of para-hydroxylation sites is 1. The van der Waals surface area contributed by atoms with Crippen molar-refractivity contribution in [3.8, 4) is 5.75 Å². The number of carbonyl (C=O) groups is 2. The molecular weight excluding hydrogens is 316 g/mol. The van der Waals surface area contributed by atoms with E-state index in [0.29, 0.717) is 29.9 Å². The van der Waals surface area contributed by atoms with E-state index in [1.807, 2.05) is 51.1 Å². The van der Waals surface area contributed by atoms with Crippen LogP contribution in [-0.2, 0) is 9.53 Å². The van der Waals surface area contributed by atoms with Crippen molar-refractivity contribution in [2.45, 2.75) is 39.2 Å². The maximum Gasteiger partial charge on any atom is 0.306 e. The highest BCUT2D eigenvalue weighted by Gasteiger charge is 2.16. The van der Waals surface area contributed by atoms with Gasteiger partial charge in [-0.1, -0.05) is 42.5 Å². The minimum Gasteiger partial charge on any atom is -0.493 e. The first-order valence-electron chi connectivity index (χ1n) is 8.40. The van der Waals surface area contributed by atoms with Crippen LogP contribution in [0.3, 0.4) is 0 Å². The Morgan fingerprint density at radius 3 is 2.24 bits per heavy atom. The summed E-state index contributed by atoms with van der Waals surface area (Å²) in [5.41, 5.74) is 0.658.